The van der Waals surface area contributed by atoms with Gasteiger partial charge in [0, 0.05) is 16.9 Å². The maximum atomic E-state index is 6.50. The summed E-state index contributed by atoms with van der Waals surface area (Å²) in [7, 11) is 0. The minimum absolute atomic E-state index is 0.0835. The molecule has 1 heterocycles. The molecule has 0 fully saturated rings. The van der Waals surface area contributed by atoms with Crippen LogP contribution in [-0.4, -0.2) is 4.98 Å². The smallest absolute Gasteiger partial charge is 0.0989 e. The molecule has 16 heavy (non-hydrogen) atoms. The number of nitrogens with one attached hydrogen (secondary N) is 1. The standard InChI is InChI=1S/C13H11Cl2N/c14-10-3-4-11-9(7-10)2-1-8-5-6-16-13(8)12(11)15/h3-7,12,16H,1-2H2. The van der Waals surface area contributed by atoms with Gasteiger partial charge in [0.1, 0.15) is 0 Å². The molecular formula is C13H11Cl2N. The predicted octanol–water partition coefficient (Wildman–Crippen LogP) is 4.09. The molecule has 1 aliphatic carbocycles. The first-order chi connectivity index (χ1) is 7.75. The molecule has 1 N–H and O–H groups in total. The Labute approximate surface area is 104 Å². The molecule has 82 valence electrons. The first-order valence-electron chi connectivity index (χ1n) is 5.34. The largest absolute Gasteiger partial charge is 0.363 e. The number of hydrogen-bond acceptors (Lipinski definition) is 0. The fourth-order valence-electron chi connectivity index (χ4n) is 2.33. The summed E-state index contributed by atoms with van der Waals surface area (Å²) in [6, 6.07) is 8.07. The van der Waals surface area contributed by atoms with Crippen LogP contribution in [0.1, 0.15) is 27.8 Å². The molecule has 1 atom stereocenters. The number of halogens is 2. The number of hydrogen-bond donors (Lipinski definition) is 1. The van der Waals surface area contributed by atoms with E-state index in [1.54, 1.807) is 0 Å². The monoisotopic (exact) mass is 251 g/mol. The van der Waals surface area contributed by atoms with Crippen LogP contribution in [0.25, 0.3) is 0 Å². The van der Waals surface area contributed by atoms with Gasteiger partial charge >= 0.3 is 0 Å². The van der Waals surface area contributed by atoms with Crippen LogP contribution in [0, 0.1) is 0 Å². The van der Waals surface area contributed by atoms with E-state index < -0.39 is 0 Å². The highest BCUT2D eigenvalue weighted by molar-refractivity contribution is 6.30. The van der Waals surface area contributed by atoms with E-state index in [0.29, 0.717) is 0 Å². The molecule has 0 amide bonds. The molecule has 2 aromatic rings. The Balaban J connectivity index is 2.16. The Morgan fingerprint density at radius 3 is 2.81 bits per heavy atom. The van der Waals surface area contributed by atoms with Gasteiger partial charge in [-0.15, -0.1) is 11.6 Å². The zero-order chi connectivity index (χ0) is 11.1. The normalized spacial score (nSPS) is 18.8. The number of aryl methyl sites for hydroxylation is 2. The van der Waals surface area contributed by atoms with Crippen LogP contribution in [0.15, 0.2) is 30.5 Å². The van der Waals surface area contributed by atoms with Gasteiger partial charge in [0.25, 0.3) is 0 Å². The minimum atomic E-state index is -0.0835. The molecule has 3 rings (SSSR count). The van der Waals surface area contributed by atoms with Crippen LogP contribution in [0.3, 0.4) is 0 Å². The Hall–Kier alpha value is -0.920. The van der Waals surface area contributed by atoms with Crippen LogP contribution < -0.4 is 0 Å². The van der Waals surface area contributed by atoms with E-state index in [1.807, 2.05) is 24.4 Å². The quantitative estimate of drug-likeness (QED) is 0.679. The number of alkyl halides is 1. The van der Waals surface area contributed by atoms with Crippen LogP contribution in [0.4, 0.5) is 0 Å². The van der Waals surface area contributed by atoms with Crippen molar-refractivity contribution in [3.05, 3.63) is 57.9 Å². The van der Waals surface area contributed by atoms with E-state index in [4.69, 9.17) is 23.2 Å². The summed E-state index contributed by atoms with van der Waals surface area (Å²) >= 11 is 12.5. The lowest BCUT2D eigenvalue weighted by atomic mass is 10.0. The molecule has 0 aliphatic heterocycles. The maximum absolute atomic E-state index is 6.50. The molecule has 0 saturated heterocycles. The van der Waals surface area contributed by atoms with E-state index in [-0.39, 0.29) is 5.38 Å². The summed E-state index contributed by atoms with van der Waals surface area (Å²) < 4.78 is 0. The molecule has 1 nitrogen and oxygen atoms in total. The zero-order valence-electron chi connectivity index (χ0n) is 8.63. The predicted molar refractivity (Wildman–Crippen MR) is 67.3 cm³/mol. The van der Waals surface area contributed by atoms with Gasteiger partial charge in [-0.05, 0) is 47.7 Å². The molecule has 1 unspecified atom stereocenters. The number of H-pyrrole nitrogens is 1. The Bertz CT molecular complexity index is 530. The maximum Gasteiger partial charge on any atom is 0.0989 e. The summed E-state index contributed by atoms with van der Waals surface area (Å²) in [4.78, 5) is 3.24. The van der Waals surface area contributed by atoms with Crippen LogP contribution in [0.2, 0.25) is 5.02 Å². The molecule has 0 saturated carbocycles. The van der Waals surface area contributed by atoms with Gasteiger partial charge in [0.15, 0.2) is 0 Å². The van der Waals surface area contributed by atoms with Gasteiger partial charge in [-0.25, -0.2) is 0 Å². The van der Waals surface area contributed by atoms with Crippen molar-refractivity contribution >= 4 is 23.2 Å². The molecule has 0 bridgehead atoms. The Morgan fingerprint density at radius 1 is 1.12 bits per heavy atom. The molecule has 1 aromatic heterocycles. The second-order valence-electron chi connectivity index (χ2n) is 4.12. The first kappa shape index (κ1) is 10.2. The van der Waals surface area contributed by atoms with E-state index in [1.165, 1.54) is 16.7 Å². The summed E-state index contributed by atoms with van der Waals surface area (Å²) in [6.07, 6.45) is 3.99. The van der Waals surface area contributed by atoms with Crippen molar-refractivity contribution in [2.24, 2.45) is 0 Å². The summed E-state index contributed by atoms with van der Waals surface area (Å²) in [5.74, 6) is 0. The van der Waals surface area contributed by atoms with Crippen molar-refractivity contribution in [2.75, 3.05) is 0 Å². The highest BCUT2D eigenvalue weighted by atomic mass is 35.5. The van der Waals surface area contributed by atoms with Gasteiger partial charge in [0.05, 0.1) is 5.38 Å². The fourth-order valence-corrected chi connectivity index (χ4v) is 2.94. The van der Waals surface area contributed by atoms with Gasteiger partial charge < -0.3 is 4.98 Å². The SMILES string of the molecule is Clc1ccc2c(c1)CCc1cc[nH]c1C2Cl. The second kappa shape index (κ2) is 3.83. The van der Waals surface area contributed by atoms with Crippen molar-refractivity contribution in [1.82, 2.24) is 4.98 Å². The third-order valence-electron chi connectivity index (χ3n) is 3.16. The Morgan fingerprint density at radius 2 is 1.94 bits per heavy atom. The van der Waals surface area contributed by atoms with E-state index in [2.05, 4.69) is 11.1 Å². The van der Waals surface area contributed by atoms with Crippen molar-refractivity contribution in [2.45, 2.75) is 18.2 Å². The lowest BCUT2D eigenvalue weighted by molar-refractivity contribution is 0.967. The lowest BCUT2D eigenvalue weighted by Gasteiger charge is -2.11. The topological polar surface area (TPSA) is 15.8 Å². The van der Waals surface area contributed by atoms with Crippen LogP contribution in [0.5, 0.6) is 0 Å². The van der Waals surface area contributed by atoms with Gasteiger partial charge in [-0.2, -0.15) is 0 Å². The molecule has 3 heteroatoms. The number of aromatic nitrogens is 1. The number of fused-ring (bicyclic) bond motifs is 2. The summed E-state index contributed by atoms with van der Waals surface area (Å²) in [5.41, 5.74) is 4.87. The van der Waals surface area contributed by atoms with Crippen molar-refractivity contribution < 1.29 is 0 Å². The summed E-state index contributed by atoms with van der Waals surface area (Å²) in [6.45, 7) is 0. The molecular weight excluding hydrogens is 241 g/mol. The first-order valence-corrected chi connectivity index (χ1v) is 6.15. The van der Waals surface area contributed by atoms with E-state index >= 15 is 0 Å². The van der Waals surface area contributed by atoms with Gasteiger partial charge in [-0.1, -0.05) is 17.7 Å². The van der Waals surface area contributed by atoms with Crippen molar-refractivity contribution in [1.29, 1.82) is 0 Å². The molecule has 1 aliphatic rings. The average Bonchev–Trinajstić information content (AvgIpc) is 2.69. The lowest BCUT2D eigenvalue weighted by Crippen LogP contribution is -1.96. The third kappa shape index (κ3) is 1.55. The number of aromatic amines is 1. The van der Waals surface area contributed by atoms with Crippen LogP contribution in [-0.2, 0) is 12.8 Å². The molecule has 1 aromatic carbocycles. The van der Waals surface area contributed by atoms with Crippen molar-refractivity contribution in [3.8, 4) is 0 Å². The molecule has 0 spiro atoms. The van der Waals surface area contributed by atoms with Crippen molar-refractivity contribution in [3.63, 3.8) is 0 Å². The number of benzene rings is 1. The van der Waals surface area contributed by atoms with Crippen LogP contribution >= 0.6 is 23.2 Å². The summed E-state index contributed by atoms with van der Waals surface area (Å²) in [5, 5.41) is 0.702. The second-order valence-corrected chi connectivity index (χ2v) is 5.00. The van der Waals surface area contributed by atoms with Gasteiger partial charge in [0.2, 0.25) is 0 Å². The van der Waals surface area contributed by atoms with Gasteiger partial charge in [-0.3, -0.25) is 0 Å². The fraction of sp³-hybridized carbons (Fsp3) is 0.231. The zero-order valence-corrected chi connectivity index (χ0v) is 10.1. The minimum Gasteiger partial charge on any atom is -0.363 e. The number of rotatable bonds is 0. The third-order valence-corrected chi connectivity index (χ3v) is 3.85. The molecule has 0 radical (unpaired) electrons. The Kier molecular flexibility index (Phi) is 2.45. The van der Waals surface area contributed by atoms with E-state index in [9.17, 15) is 0 Å². The highest BCUT2D eigenvalue weighted by Crippen LogP contribution is 2.36. The average molecular weight is 252 g/mol. The highest BCUT2D eigenvalue weighted by Gasteiger charge is 2.22. The van der Waals surface area contributed by atoms with E-state index in [0.717, 1.165) is 23.6 Å².